The highest BCUT2D eigenvalue weighted by Gasteiger charge is 2.77. The highest BCUT2D eigenvalue weighted by molar-refractivity contribution is 5.93. The second kappa shape index (κ2) is 21.5. The summed E-state index contributed by atoms with van der Waals surface area (Å²) in [6, 6.07) is 35.0. The van der Waals surface area contributed by atoms with E-state index >= 15 is 4.79 Å². The zero-order chi connectivity index (χ0) is 58.1. The average molecular weight is 1150 g/mol. The standard InChI is InChI=1S/C78H96O7/c1-49(18-16-21-51-19-6-4-7-20-51)42-55-30-29-53-22-10-11-26-58(53)72(82)85-64-43-50(2)77(83,41-33-52-44-66(80)84-47-52)78(71(55)81)65(79)35-39-73(3,70(64)78)57-34-40-76-48-74(36-14-15-37-74)63-46-75(56-24-8-5-9-25-56)38-13-12-28-61(75)60-32-31-54-23-17-27-59(62(76)45-57)67(54)68(60)69(63)76/h4-9,17,19-20,23-25,27,31-32,44,49-50,53,55,57-58,61-65,69-71,79,81,83H,10-16,18,21-22,26,28,33-43,45-48H2,1-3H3/t49-,50-,53+,55-,57-,58+,61-,62+,63+,64-,65+,69+,70+,71-,73+,75+,76-,77-,78+/m1/s1. The van der Waals surface area contributed by atoms with E-state index in [0.29, 0.717) is 61.2 Å². The lowest BCUT2D eigenvalue weighted by molar-refractivity contribution is -0.331. The first kappa shape index (κ1) is 56.7. The number of aryl methyl sites for hydroxylation is 1. The Morgan fingerprint density at radius 2 is 1.53 bits per heavy atom. The van der Waals surface area contributed by atoms with Gasteiger partial charge in [-0.1, -0.05) is 169 Å². The molecule has 450 valence electrons. The summed E-state index contributed by atoms with van der Waals surface area (Å²) >= 11 is 0. The summed E-state index contributed by atoms with van der Waals surface area (Å²) in [7, 11) is 0. The van der Waals surface area contributed by atoms with E-state index in [1.54, 1.807) is 33.7 Å². The molecule has 7 saturated carbocycles. The molecule has 7 nitrogen and oxygen atoms in total. The van der Waals surface area contributed by atoms with Crippen molar-refractivity contribution in [2.45, 2.75) is 235 Å². The monoisotopic (exact) mass is 1140 g/mol. The van der Waals surface area contributed by atoms with Crippen molar-refractivity contribution >= 4 is 22.7 Å². The number of hydrogen-bond donors (Lipinski definition) is 3. The van der Waals surface area contributed by atoms with Crippen LogP contribution in [-0.2, 0) is 30.9 Å². The second-order valence-electron chi connectivity index (χ2n) is 31.1. The van der Waals surface area contributed by atoms with Crippen LogP contribution >= 0.6 is 0 Å². The predicted octanol–water partition coefficient (Wildman–Crippen LogP) is 15.9. The van der Waals surface area contributed by atoms with Crippen LogP contribution in [0.3, 0.4) is 0 Å². The molecule has 7 fully saturated rings. The first-order valence-electron chi connectivity index (χ1n) is 34.5. The number of aliphatic hydroxyl groups excluding tert-OH is 2. The van der Waals surface area contributed by atoms with Crippen LogP contribution in [0.2, 0.25) is 0 Å². The van der Waals surface area contributed by atoms with Gasteiger partial charge in [0.25, 0.3) is 0 Å². The molecule has 3 N–H and O–H groups in total. The molecule has 2 heterocycles. The normalized spacial score (nSPS) is 41.5. The van der Waals surface area contributed by atoms with Crippen LogP contribution in [-0.4, -0.2) is 57.8 Å². The quantitative estimate of drug-likeness (QED) is 0.101. The fourth-order valence-corrected chi connectivity index (χ4v) is 24.0. The third kappa shape index (κ3) is 8.62. The maximum absolute atomic E-state index is 15.4. The minimum Gasteiger partial charge on any atom is -0.462 e. The van der Waals surface area contributed by atoms with E-state index in [0.717, 1.165) is 69.8 Å². The van der Waals surface area contributed by atoms with E-state index in [1.165, 1.54) is 75.2 Å². The van der Waals surface area contributed by atoms with Gasteiger partial charge < -0.3 is 24.8 Å². The summed E-state index contributed by atoms with van der Waals surface area (Å²) in [6.07, 6.45) is 24.0. The summed E-state index contributed by atoms with van der Waals surface area (Å²) in [4.78, 5) is 28.1. The number of cyclic esters (lactones) is 1. The number of benzene rings is 4. The van der Waals surface area contributed by atoms with Gasteiger partial charge in [0.15, 0.2) is 0 Å². The number of carbonyl (C=O) groups is 2. The van der Waals surface area contributed by atoms with Crippen LogP contribution in [0.5, 0.6) is 0 Å². The molecule has 19 atom stereocenters. The molecule has 85 heavy (non-hydrogen) atoms. The van der Waals surface area contributed by atoms with E-state index in [9.17, 15) is 20.1 Å². The molecule has 2 bridgehead atoms. The lowest BCUT2D eigenvalue weighted by atomic mass is 9.36. The highest BCUT2D eigenvalue weighted by Crippen LogP contribution is 2.81. The highest BCUT2D eigenvalue weighted by atomic mass is 16.5. The van der Waals surface area contributed by atoms with Gasteiger partial charge in [0.1, 0.15) is 12.7 Å². The SMILES string of the molecule is C[C@H](CCCc1ccccc1)C[C@H]1C#C[C@@H]2CCCC[C@@H]2C(=O)O[C@@H]2C[C@@H](C)[C@](O)(CCC3=CC(=O)OC3)[C@@]3([C@@H]1O)[C@@H](O)CC[C@@](C)([C@@H]1CC[C@]45CC6(CCCC6)[C@H]6C[C@]7(c8ccccc8)CCCC[C@@H]7c7ccc8cccc(c8c7[C@H]64)[C@@H]5C1)[C@H]23. The Kier molecular flexibility index (Phi) is 14.4. The second-order valence-corrected chi connectivity index (χ2v) is 31.1. The Balaban J connectivity index is 0.878. The summed E-state index contributed by atoms with van der Waals surface area (Å²) in [5.74, 6) is 7.06. The Morgan fingerprint density at radius 3 is 2.33 bits per heavy atom. The van der Waals surface area contributed by atoms with Crippen molar-refractivity contribution < 1.29 is 34.4 Å². The molecule has 9 aliphatic carbocycles. The summed E-state index contributed by atoms with van der Waals surface area (Å²) in [6.45, 7) is 7.05. The molecule has 4 aromatic carbocycles. The molecular formula is C78H96O7. The van der Waals surface area contributed by atoms with Crippen LogP contribution in [0, 0.1) is 80.8 Å². The molecule has 11 aliphatic rings. The van der Waals surface area contributed by atoms with Gasteiger partial charge in [-0.05, 0) is 224 Å². The molecule has 15 rings (SSSR count). The number of ether oxygens (including phenoxy) is 2. The molecule has 0 amide bonds. The van der Waals surface area contributed by atoms with E-state index in [2.05, 4.69) is 124 Å². The van der Waals surface area contributed by atoms with Gasteiger partial charge in [-0.25, -0.2) is 4.79 Å². The van der Waals surface area contributed by atoms with Crippen molar-refractivity contribution in [2.75, 3.05) is 6.61 Å². The van der Waals surface area contributed by atoms with Gasteiger partial charge in [-0.15, -0.1) is 0 Å². The van der Waals surface area contributed by atoms with Crippen LogP contribution in [0.4, 0.5) is 0 Å². The zero-order valence-electron chi connectivity index (χ0n) is 51.4. The predicted molar refractivity (Wildman–Crippen MR) is 334 cm³/mol. The van der Waals surface area contributed by atoms with Crippen LogP contribution in [0.1, 0.15) is 227 Å². The average Bonchev–Trinajstić information content (AvgIpc) is 1.67. The molecular weight excluding hydrogens is 1050 g/mol. The summed E-state index contributed by atoms with van der Waals surface area (Å²) in [5.41, 5.74) is 5.48. The maximum Gasteiger partial charge on any atom is 0.331 e. The smallest absolute Gasteiger partial charge is 0.331 e. The lowest BCUT2D eigenvalue weighted by Crippen LogP contribution is -2.77. The Hall–Kier alpha value is -4.74. The fourth-order valence-electron chi connectivity index (χ4n) is 24.0. The molecule has 0 aromatic heterocycles. The Labute approximate surface area is 507 Å². The van der Waals surface area contributed by atoms with E-state index in [1.807, 2.05) is 0 Å². The molecule has 7 heteroatoms. The van der Waals surface area contributed by atoms with Gasteiger partial charge >= 0.3 is 11.9 Å². The zero-order valence-corrected chi connectivity index (χ0v) is 51.4. The minimum absolute atomic E-state index is 0.0870. The van der Waals surface area contributed by atoms with Crippen molar-refractivity contribution in [3.8, 4) is 11.8 Å². The van der Waals surface area contributed by atoms with E-state index in [-0.39, 0.29) is 59.5 Å². The van der Waals surface area contributed by atoms with Gasteiger partial charge in [0.05, 0.1) is 29.1 Å². The molecule has 0 unspecified atom stereocenters. The first-order valence-corrected chi connectivity index (χ1v) is 34.5. The van der Waals surface area contributed by atoms with Crippen molar-refractivity contribution in [3.05, 3.63) is 130 Å². The summed E-state index contributed by atoms with van der Waals surface area (Å²) < 4.78 is 12.8. The van der Waals surface area contributed by atoms with Crippen molar-refractivity contribution in [3.63, 3.8) is 0 Å². The number of esters is 2. The number of carbonyl (C=O) groups excluding carboxylic acids is 2. The largest absolute Gasteiger partial charge is 0.462 e. The van der Waals surface area contributed by atoms with Gasteiger partial charge in [0.2, 0.25) is 0 Å². The third-order valence-electron chi connectivity index (χ3n) is 27.5. The van der Waals surface area contributed by atoms with Crippen molar-refractivity contribution in [2.24, 2.45) is 69.0 Å². The number of aliphatic hydroxyl groups is 3. The maximum atomic E-state index is 15.4. The molecule has 0 radical (unpaired) electrons. The molecule has 2 aliphatic heterocycles. The van der Waals surface area contributed by atoms with Crippen molar-refractivity contribution in [1.82, 2.24) is 0 Å². The van der Waals surface area contributed by atoms with Crippen LogP contribution < -0.4 is 0 Å². The first-order chi connectivity index (χ1) is 41.2. The third-order valence-corrected chi connectivity index (χ3v) is 27.5. The molecule has 4 aromatic rings. The topological polar surface area (TPSA) is 113 Å². The Morgan fingerprint density at radius 1 is 0.753 bits per heavy atom. The van der Waals surface area contributed by atoms with Gasteiger partial charge in [0, 0.05) is 29.2 Å². The Bertz CT molecular complexity index is 3290. The van der Waals surface area contributed by atoms with E-state index < -0.39 is 52.5 Å². The fraction of sp³-hybridized carbons (Fsp3) is 0.641. The number of rotatable bonds is 11. The van der Waals surface area contributed by atoms with Crippen molar-refractivity contribution in [1.29, 1.82) is 0 Å². The van der Waals surface area contributed by atoms with Crippen LogP contribution in [0.25, 0.3) is 10.8 Å². The minimum atomic E-state index is -1.62. The lowest BCUT2D eigenvalue weighted by Gasteiger charge is -2.71. The van der Waals surface area contributed by atoms with Crippen LogP contribution in [0.15, 0.2) is 103 Å². The molecule has 0 saturated heterocycles. The summed E-state index contributed by atoms with van der Waals surface area (Å²) in [5, 5.41) is 45.8. The molecule has 2 spiro atoms. The van der Waals surface area contributed by atoms with Gasteiger partial charge in [-0.2, -0.15) is 0 Å². The van der Waals surface area contributed by atoms with Gasteiger partial charge in [-0.3, -0.25) is 4.79 Å². The van der Waals surface area contributed by atoms with E-state index in [4.69, 9.17) is 9.47 Å². The number of hydrogen-bond acceptors (Lipinski definition) is 7. The number of fused-ring (bicyclic) bond motifs is 5.